The molecular weight excluding hydrogens is 253 g/mol. The molecule has 114 valence electrons. The Morgan fingerprint density at radius 1 is 0.842 bits per heavy atom. The molecule has 1 N–H and O–H groups in total. The predicted molar refractivity (Wildman–Crippen MR) is 73.6 cm³/mol. The van der Waals surface area contributed by atoms with E-state index >= 15 is 0 Å². The number of halogens is 3. The molecule has 0 saturated carbocycles. The highest BCUT2D eigenvalue weighted by Crippen LogP contribution is 2.20. The Labute approximate surface area is 114 Å². The van der Waals surface area contributed by atoms with E-state index in [-0.39, 0.29) is 0 Å². The lowest BCUT2D eigenvalue weighted by Crippen LogP contribution is -2.41. The van der Waals surface area contributed by atoms with Crippen LogP contribution in [0.3, 0.4) is 0 Å². The van der Waals surface area contributed by atoms with E-state index in [1.54, 1.807) is 0 Å². The van der Waals surface area contributed by atoms with Crippen molar-refractivity contribution in [3.8, 4) is 0 Å². The summed E-state index contributed by atoms with van der Waals surface area (Å²) in [6.07, 6.45) is 3.04. The molecular formula is C14H27F3N2. The van der Waals surface area contributed by atoms with Crippen LogP contribution in [0, 0.1) is 5.41 Å². The maximum atomic E-state index is 12.6. The van der Waals surface area contributed by atoms with Crippen molar-refractivity contribution in [2.75, 3.05) is 13.1 Å². The molecule has 0 aromatic heterocycles. The van der Waals surface area contributed by atoms with E-state index in [1.165, 1.54) is 4.90 Å². The van der Waals surface area contributed by atoms with Gasteiger partial charge in [-0.2, -0.15) is 13.2 Å². The maximum Gasteiger partial charge on any atom is 0.448 e. The van der Waals surface area contributed by atoms with Gasteiger partial charge in [0.05, 0.1) is 0 Å². The highest BCUT2D eigenvalue weighted by Gasteiger charge is 2.37. The van der Waals surface area contributed by atoms with Gasteiger partial charge >= 0.3 is 6.18 Å². The van der Waals surface area contributed by atoms with Crippen molar-refractivity contribution in [1.29, 1.82) is 5.41 Å². The molecule has 19 heavy (non-hydrogen) atoms. The predicted octanol–water partition coefficient (Wildman–Crippen LogP) is 4.99. The van der Waals surface area contributed by atoms with E-state index in [1.807, 2.05) is 0 Å². The van der Waals surface area contributed by atoms with Gasteiger partial charge < -0.3 is 4.90 Å². The van der Waals surface area contributed by atoms with Crippen LogP contribution < -0.4 is 0 Å². The van der Waals surface area contributed by atoms with Crippen LogP contribution >= 0.6 is 0 Å². The van der Waals surface area contributed by atoms with Gasteiger partial charge in [0.25, 0.3) is 0 Å². The zero-order valence-electron chi connectivity index (χ0n) is 12.2. The summed E-state index contributed by atoms with van der Waals surface area (Å²) >= 11 is 0. The van der Waals surface area contributed by atoms with Gasteiger partial charge in [0.1, 0.15) is 0 Å². The molecule has 0 heterocycles. The van der Waals surface area contributed by atoms with Crippen molar-refractivity contribution in [2.24, 2.45) is 0 Å². The Kier molecular flexibility index (Phi) is 9.70. The van der Waals surface area contributed by atoms with Gasteiger partial charge in [0, 0.05) is 13.1 Å². The highest BCUT2D eigenvalue weighted by atomic mass is 19.4. The summed E-state index contributed by atoms with van der Waals surface area (Å²) < 4.78 is 37.8. The molecule has 0 rings (SSSR count). The normalized spacial score (nSPS) is 11.6. The largest absolute Gasteiger partial charge is 0.448 e. The summed E-state index contributed by atoms with van der Waals surface area (Å²) in [7, 11) is 0. The lowest BCUT2D eigenvalue weighted by Gasteiger charge is -2.26. The number of nitrogens with zero attached hydrogens (tertiary/aromatic N) is 1. The molecule has 0 fully saturated rings. The fourth-order valence-corrected chi connectivity index (χ4v) is 1.97. The number of rotatable bonds is 10. The molecule has 0 saturated heterocycles. The molecule has 2 nitrogen and oxygen atoms in total. The number of unbranched alkanes of at least 4 members (excludes halogenated alkanes) is 6. The Hall–Kier alpha value is -0.740. The number of nitrogens with one attached hydrogen (secondary N) is 1. The first-order chi connectivity index (χ1) is 8.93. The van der Waals surface area contributed by atoms with Gasteiger partial charge in [0.15, 0.2) is 0 Å². The van der Waals surface area contributed by atoms with Crippen LogP contribution in [0.1, 0.15) is 65.2 Å². The molecule has 0 aromatic rings. The summed E-state index contributed by atoms with van der Waals surface area (Å²) in [6, 6.07) is 0. The van der Waals surface area contributed by atoms with E-state index in [0.717, 1.165) is 51.4 Å². The fourth-order valence-electron chi connectivity index (χ4n) is 1.97. The van der Waals surface area contributed by atoms with Gasteiger partial charge in [0.2, 0.25) is 5.84 Å². The first-order valence-electron chi connectivity index (χ1n) is 7.34. The maximum absolute atomic E-state index is 12.6. The van der Waals surface area contributed by atoms with Crippen LogP contribution in [0.15, 0.2) is 0 Å². The average Bonchev–Trinajstić information content (AvgIpc) is 2.35. The van der Waals surface area contributed by atoms with E-state index in [2.05, 4.69) is 13.8 Å². The standard InChI is InChI=1S/C14H27F3N2/c1-3-5-7-9-11-19(12-10-8-6-4-2)13(18)14(15,16)17/h18H,3-12H2,1-2H3. The van der Waals surface area contributed by atoms with Gasteiger partial charge in [-0.05, 0) is 12.8 Å². The zero-order chi connectivity index (χ0) is 14.7. The van der Waals surface area contributed by atoms with Gasteiger partial charge in [-0.1, -0.05) is 52.4 Å². The Morgan fingerprint density at radius 2 is 1.26 bits per heavy atom. The van der Waals surface area contributed by atoms with Crippen LogP contribution in [0.5, 0.6) is 0 Å². The monoisotopic (exact) mass is 280 g/mol. The van der Waals surface area contributed by atoms with Crippen LogP contribution in [0.4, 0.5) is 13.2 Å². The second-order valence-corrected chi connectivity index (χ2v) is 4.95. The first-order valence-corrected chi connectivity index (χ1v) is 7.34. The van der Waals surface area contributed by atoms with Crippen molar-refractivity contribution >= 4 is 5.84 Å². The lowest BCUT2D eigenvalue weighted by atomic mass is 10.1. The molecule has 0 bridgehead atoms. The molecule has 0 radical (unpaired) electrons. The van der Waals surface area contributed by atoms with E-state index in [9.17, 15) is 13.2 Å². The highest BCUT2D eigenvalue weighted by molar-refractivity contribution is 5.84. The summed E-state index contributed by atoms with van der Waals surface area (Å²) in [5.74, 6) is -1.18. The van der Waals surface area contributed by atoms with Gasteiger partial charge in [-0.25, -0.2) is 0 Å². The average molecular weight is 280 g/mol. The third-order valence-electron chi connectivity index (χ3n) is 3.15. The molecule has 0 amide bonds. The van der Waals surface area contributed by atoms with Crippen molar-refractivity contribution in [3.05, 3.63) is 0 Å². The summed E-state index contributed by atoms with van der Waals surface area (Å²) in [5.41, 5.74) is 0. The summed E-state index contributed by atoms with van der Waals surface area (Å²) in [5, 5.41) is 7.26. The first kappa shape index (κ1) is 18.3. The Bertz CT molecular complexity index is 227. The van der Waals surface area contributed by atoms with Crippen molar-refractivity contribution in [3.63, 3.8) is 0 Å². The second kappa shape index (κ2) is 10.1. The van der Waals surface area contributed by atoms with Crippen molar-refractivity contribution in [1.82, 2.24) is 4.90 Å². The minimum atomic E-state index is -4.52. The van der Waals surface area contributed by atoms with Crippen LogP contribution in [0.25, 0.3) is 0 Å². The summed E-state index contributed by atoms with van der Waals surface area (Å²) in [4.78, 5) is 1.20. The van der Waals surface area contributed by atoms with Gasteiger partial charge in [-0.3, -0.25) is 5.41 Å². The van der Waals surface area contributed by atoms with Crippen molar-refractivity contribution < 1.29 is 13.2 Å². The molecule has 0 unspecified atom stereocenters. The number of alkyl halides is 3. The van der Waals surface area contributed by atoms with Gasteiger partial charge in [-0.15, -0.1) is 0 Å². The fraction of sp³-hybridized carbons (Fsp3) is 0.929. The molecule has 0 aliphatic heterocycles. The molecule has 0 aromatic carbocycles. The van der Waals surface area contributed by atoms with Crippen LogP contribution in [0.2, 0.25) is 0 Å². The third-order valence-corrected chi connectivity index (χ3v) is 3.15. The molecule has 5 heteroatoms. The lowest BCUT2D eigenvalue weighted by molar-refractivity contribution is -0.0699. The molecule has 0 aliphatic rings. The van der Waals surface area contributed by atoms with E-state index in [4.69, 9.17) is 5.41 Å². The number of hydrogen-bond acceptors (Lipinski definition) is 1. The SMILES string of the molecule is CCCCCCN(CCCCCC)C(=N)C(F)(F)F. The minimum absolute atomic E-state index is 0.352. The molecule has 0 atom stereocenters. The van der Waals surface area contributed by atoms with Crippen LogP contribution in [-0.2, 0) is 0 Å². The molecule has 0 spiro atoms. The van der Waals surface area contributed by atoms with E-state index in [0.29, 0.717) is 13.1 Å². The second-order valence-electron chi connectivity index (χ2n) is 4.95. The zero-order valence-corrected chi connectivity index (χ0v) is 12.2. The topological polar surface area (TPSA) is 27.1 Å². The third kappa shape index (κ3) is 8.89. The Balaban J connectivity index is 4.18. The number of amidine groups is 1. The van der Waals surface area contributed by atoms with E-state index < -0.39 is 12.0 Å². The minimum Gasteiger partial charge on any atom is -0.353 e. The quantitative estimate of drug-likeness (QED) is 0.341. The Morgan fingerprint density at radius 3 is 1.58 bits per heavy atom. The molecule has 0 aliphatic carbocycles. The van der Waals surface area contributed by atoms with Crippen molar-refractivity contribution in [2.45, 2.75) is 71.4 Å². The van der Waals surface area contributed by atoms with Crippen LogP contribution in [-0.4, -0.2) is 30.0 Å². The smallest absolute Gasteiger partial charge is 0.353 e. The number of hydrogen-bond donors (Lipinski definition) is 1. The summed E-state index contributed by atoms with van der Waals surface area (Å²) in [6.45, 7) is 4.84.